The predicted molar refractivity (Wildman–Crippen MR) is 135 cm³/mol. The maximum Gasteiger partial charge on any atom is 0.220 e. The van der Waals surface area contributed by atoms with Gasteiger partial charge in [0.15, 0.2) is 0 Å². The summed E-state index contributed by atoms with van der Waals surface area (Å²) in [6.07, 6.45) is 1.48. The molecule has 34 heavy (non-hydrogen) atoms. The summed E-state index contributed by atoms with van der Waals surface area (Å²) in [6.45, 7) is 7.45. The molecule has 3 aliphatic heterocycles. The van der Waals surface area contributed by atoms with Crippen LogP contribution in [0.25, 0.3) is 21.3 Å². The van der Waals surface area contributed by atoms with Crippen molar-refractivity contribution >= 4 is 33.1 Å². The number of aromatic nitrogens is 1. The first-order valence-electron chi connectivity index (χ1n) is 12.2. The van der Waals surface area contributed by atoms with Gasteiger partial charge in [-0.3, -0.25) is 9.69 Å². The molecule has 178 valence electrons. The van der Waals surface area contributed by atoms with Crippen molar-refractivity contribution in [1.82, 2.24) is 15.2 Å². The monoisotopic (exact) mass is 478 g/mol. The van der Waals surface area contributed by atoms with Gasteiger partial charge in [-0.05, 0) is 47.7 Å². The third kappa shape index (κ3) is 4.50. The molecule has 0 aliphatic carbocycles. The fourth-order valence-corrected chi connectivity index (χ4v) is 5.80. The minimum atomic E-state index is 0.148. The molecule has 0 unspecified atom stereocenters. The zero-order chi connectivity index (χ0) is 22.9. The van der Waals surface area contributed by atoms with E-state index in [1.54, 1.807) is 11.3 Å². The summed E-state index contributed by atoms with van der Waals surface area (Å²) in [5.74, 6) is 1.40. The van der Waals surface area contributed by atoms with Gasteiger partial charge in [-0.2, -0.15) is 0 Å². The van der Waals surface area contributed by atoms with E-state index < -0.39 is 0 Å². The van der Waals surface area contributed by atoms with Gasteiger partial charge in [0.25, 0.3) is 0 Å². The Morgan fingerprint density at radius 3 is 2.62 bits per heavy atom. The molecule has 0 saturated carbocycles. The number of rotatable bonds is 7. The fraction of sp³-hybridized carbons (Fsp3) is 0.462. The molecule has 2 aromatic carbocycles. The lowest BCUT2D eigenvalue weighted by atomic mass is 10.0. The molecule has 1 N–H and O–H groups in total. The van der Waals surface area contributed by atoms with E-state index in [2.05, 4.69) is 56.5 Å². The fourth-order valence-electron chi connectivity index (χ4n) is 5.06. The molecule has 4 heterocycles. The van der Waals surface area contributed by atoms with Crippen molar-refractivity contribution in [3.63, 3.8) is 0 Å². The Bertz CT molecular complexity index is 1150. The largest absolute Gasteiger partial charge is 0.492 e. The maximum atomic E-state index is 11.4. The van der Waals surface area contributed by atoms with Crippen molar-refractivity contribution in [1.29, 1.82) is 0 Å². The quantitative estimate of drug-likeness (QED) is 0.562. The number of fused-ring (bicyclic) bond motifs is 1. The first-order chi connectivity index (χ1) is 16.7. The van der Waals surface area contributed by atoms with Gasteiger partial charge < -0.3 is 19.7 Å². The molecule has 0 radical (unpaired) electrons. The lowest BCUT2D eigenvalue weighted by molar-refractivity contribution is -0.119. The Hall–Kier alpha value is -2.68. The first-order valence-corrected chi connectivity index (χ1v) is 13.0. The van der Waals surface area contributed by atoms with Crippen LogP contribution in [0.4, 0.5) is 5.69 Å². The van der Waals surface area contributed by atoms with Crippen molar-refractivity contribution in [2.45, 2.75) is 18.9 Å². The lowest BCUT2D eigenvalue weighted by Gasteiger charge is -2.43. The number of carbonyl (C=O) groups excluding carboxylic acids is 1. The van der Waals surface area contributed by atoms with E-state index in [-0.39, 0.29) is 5.91 Å². The Kier molecular flexibility index (Phi) is 6.11. The highest BCUT2D eigenvalue weighted by molar-refractivity contribution is 7.17. The van der Waals surface area contributed by atoms with Gasteiger partial charge in [0.05, 0.1) is 41.6 Å². The van der Waals surface area contributed by atoms with Crippen LogP contribution in [0.3, 0.4) is 0 Å². The number of piperazine rings is 1. The number of nitrogens with zero attached hydrogens (tertiary/aromatic N) is 3. The lowest BCUT2D eigenvalue weighted by Crippen LogP contribution is -2.56. The molecule has 3 aromatic rings. The third-order valence-corrected chi connectivity index (χ3v) is 8.12. The minimum Gasteiger partial charge on any atom is -0.492 e. The number of thiazole rings is 1. The number of hydrogen-bond acceptors (Lipinski definition) is 7. The van der Waals surface area contributed by atoms with Crippen LogP contribution in [-0.2, 0) is 9.53 Å². The van der Waals surface area contributed by atoms with Crippen LogP contribution < -0.4 is 15.0 Å². The van der Waals surface area contributed by atoms with Crippen molar-refractivity contribution in [3.05, 3.63) is 41.9 Å². The highest BCUT2D eigenvalue weighted by atomic mass is 32.1. The standard InChI is InChI=1S/C26H30N4O3S/c31-25-11-18(14-27-25)5-10-33-24-13-20(12-23-26(24)34-17-28-23)19-1-3-21(4-2-19)29-6-8-30(9-7-29)22-15-32-16-22/h1-4,12-13,17-18,22H,5-11,14-16H2,(H,27,31)/t18-/m1/s1. The zero-order valence-electron chi connectivity index (χ0n) is 19.2. The van der Waals surface area contributed by atoms with E-state index in [0.29, 0.717) is 25.0 Å². The van der Waals surface area contributed by atoms with Crippen molar-refractivity contribution in [3.8, 4) is 16.9 Å². The summed E-state index contributed by atoms with van der Waals surface area (Å²) in [6, 6.07) is 13.8. The van der Waals surface area contributed by atoms with Gasteiger partial charge in [-0.25, -0.2) is 4.98 Å². The number of hydrogen-bond donors (Lipinski definition) is 1. The normalized spacial score (nSPS) is 21.6. The van der Waals surface area contributed by atoms with Gasteiger partial charge >= 0.3 is 0 Å². The average Bonchev–Trinajstić information content (AvgIpc) is 3.47. The molecule has 1 amide bonds. The van der Waals surface area contributed by atoms with E-state index in [1.165, 1.54) is 11.3 Å². The summed E-state index contributed by atoms with van der Waals surface area (Å²) in [4.78, 5) is 21.0. The van der Waals surface area contributed by atoms with E-state index in [9.17, 15) is 4.79 Å². The van der Waals surface area contributed by atoms with Crippen LogP contribution in [0.2, 0.25) is 0 Å². The average molecular weight is 479 g/mol. The molecule has 3 aliphatic rings. The number of ether oxygens (including phenoxy) is 2. The molecule has 3 fully saturated rings. The van der Waals surface area contributed by atoms with Crippen LogP contribution in [-0.4, -0.2) is 74.4 Å². The number of carbonyl (C=O) groups is 1. The Balaban J connectivity index is 1.13. The summed E-state index contributed by atoms with van der Waals surface area (Å²) in [5.41, 5.74) is 6.40. The van der Waals surface area contributed by atoms with Gasteiger partial charge in [0.1, 0.15) is 5.75 Å². The van der Waals surface area contributed by atoms with Gasteiger partial charge in [0.2, 0.25) is 5.91 Å². The van der Waals surface area contributed by atoms with Gasteiger partial charge in [-0.15, -0.1) is 11.3 Å². The summed E-state index contributed by atoms with van der Waals surface area (Å²) in [5, 5.41) is 2.90. The molecule has 7 nitrogen and oxygen atoms in total. The second-order valence-corrected chi connectivity index (χ2v) is 10.3. The smallest absolute Gasteiger partial charge is 0.220 e. The molecule has 3 saturated heterocycles. The molecule has 0 spiro atoms. The molecular weight excluding hydrogens is 448 g/mol. The minimum absolute atomic E-state index is 0.148. The van der Waals surface area contributed by atoms with Crippen molar-refractivity contribution in [2.24, 2.45) is 5.92 Å². The third-order valence-electron chi connectivity index (χ3n) is 7.26. The number of anilines is 1. The number of nitrogens with one attached hydrogen (secondary N) is 1. The molecule has 6 rings (SSSR count). The van der Waals surface area contributed by atoms with E-state index >= 15 is 0 Å². The molecule has 8 heteroatoms. The molecule has 1 atom stereocenters. The SMILES string of the molecule is O=C1C[C@@H](CCOc2cc(-c3ccc(N4CCN(C5COC5)CC4)cc3)cc3ncsc23)CN1. The van der Waals surface area contributed by atoms with Gasteiger partial charge in [-0.1, -0.05) is 12.1 Å². The van der Waals surface area contributed by atoms with Crippen LogP contribution in [0, 0.1) is 5.92 Å². The summed E-state index contributed by atoms with van der Waals surface area (Å²) >= 11 is 1.61. The molecule has 0 bridgehead atoms. The topological polar surface area (TPSA) is 66.9 Å². The Morgan fingerprint density at radius 1 is 1.09 bits per heavy atom. The second-order valence-electron chi connectivity index (χ2n) is 9.45. The second kappa shape index (κ2) is 9.52. The number of amides is 1. The molecular formula is C26H30N4O3S. The maximum absolute atomic E-state index is 11.4. The predicted octanol–water partition coefficient (Wildman–Crippen LogP) is 3.39. The number of benzene rings is 2. The van der Waals surface area contributed by atoms with Crippen molar-refractivity contribution in [2.75, 3.05) is 57.4 Å². The van der Waals surface area contributed by atoms with E-state index in [4.69, 9.17) is 9.47 Å². The van der Waals surface area contributed by atoms with E-state index in [1.807, 2.05) is 5.51 Å². The van der Waals surface area contributed by atoms with Gasteiger partial charge in [0, 0.05) is 44.8 Å². The van der Waals surface area contributed by atoms with Crippen LogP contribution in [0.5, 0.6) is 5.75 Å². The van der Waals surface area contributed by atoms with E-state index in [0.717, 1.165) is 73.9 Å². The Morgan fingerprint density at radius 2 is 1.91 bits per heavy atom. The zero-order valence-corrected chi connectivity index (χ0v) is 20.1. The Labute approximate surface area is 203 Å². The summed E-state index contributed by atoms with van der Waals surface area (Å²) in [7, 11) is 0. The van der Waals surface area contributed by atoms with Crippen LogP contribution >= 0.6 is 11.3 Å². The van der Waals surface area contributed by atoms with Crippen LogP contribution in [0.15, 0.2) is 41.9 Å². The highest BCUT2D eigenvalue weighted by Crippen LogP contribution is 2.35. The first kappa shape index (κ1) is 21.8. The summed E-state index contributed by atoms with van der Waals surface area (Å²) < 4.78 is 12.6. The highest BCUT2D eigenvalue weighted by Gasteiger charge is 2.29. The van der Waals surface area contributed by atoms with Crippen LogP contribution in [0.1, 0.15) is 12.8 Å². The molecule has 1 aromatic heterocycles. The van der Waals surface area contributed by atoms with Crippen molar-refractivity contribution < 1.29 is 14.3 Å².